The van der Waals surface area contributed by atoms with E-state index >= 15 is 0 Å². The number of aryl methyl sites for hydroxylation is 2. The second-order valence-corrected chi connectivity index (χ2v) is 7.81. The topological polar surface area (TPSA) is 32.3 Å². The molecule has 0 radical (unpaired) electrons. The molecular formula is C18H18Cl2N2OS. The monoisotopic (exact) mass is 380 g/mol. The summed E-state index contributed by atoms with van der Waals surface area (Å²) in [6, 6.07) is 11.3. The van der Waals surface area contributed by atoms with Gasteiger partial charge >= 0.3 is 6.03 Å². The van der Waals surface area contributed by atoms with Gasteiger partial charge in [-0.05, 0) is 37.1 Å². The number of urea groups is 1. The minimum atomic E-state index is -0.103. The highest BCUT2D eigenvalue weighted by molar-refractivity contribution is 7.99. The first kappa shape index (κ1) is 17.5. The van der Waals surface area contributed by atoms with Crippen LogP contribution in [0.25, 0.3) is 0 Å². The number of halogens is 2. The molecule has 2 aromatic rings. The normalized spacial score (nSPS) is 17.2. The van der Waals surface area contributed by atoms with Gasteiger partial charge in [-0.25, -0.2) is 4.79 Å². The number of para-hydroxylation sites is 1. The van der Waals surface area contributed by atoms with Crippen molar-refractivity contribution in [3.05, 3.63) is 63.1 Å². The Morgan fingerprint density at radius 2 is 1.92 bits per heavy atom. The minimum Gasteiger partial charge on any atom is -0.308 e. The van der Waals surface area contributed by atoms with Crippen LogP contribution in [0.3, 0.4) is 0 Å². The first-order valence-electron chi connectivity index (χ1n) is 7.68. The molecule has 1 atom stereocenters. The summed E-state index contributed by atoms with van der Waals surface area (Å²) in [5.74, 6) is 0.879. The highest BCUT2D eigenvalue weighted by Gasteiger charge is 2.32. The Bertz CT molecular complexity index is 761. The first-order chi connectivity index (χ1) is 11.5. The molecule has 126 valence electrons. The minimum absolute atomic E-state index is 0.0981. The van der Waals surface area contributed by atoms with E-state index in [0.29, 0.717) is 16.6 Å². The average Bonchev–Trinajstić information content (AvgIpc) is 3.00. The number of amides is 2. The molecule has 0 spiro atoms. The lowest BCUT2D eigenvalue weighted by molar-refractivity contribution is 0.214. The number of nitrogens with one attached hydrogen (secondary N) is 1. The Balaban J connectivity index is 1.84. The van der Waals surface area contributed by atoms with E-state index in [1.54, 1.807) is 17.8 Å². The van der Waals surface area contributed by atoms with Gasteiger partial charge in [0.25, 0.3) is 0 Å². The predicted octanol–water partition coefficient (Wildman–Crippen LogP) is 5.89. The molecule has 2 aromatic carbocycles. The van der Waals surface area contributed by atoms with E-state index in [-0.39, 0.29) is 11.4 Å². The second kappa shape index (κ2) is 7.26. The summed E-state index contributed by atoms with van der Waals surface area (Å²) in [4.78, 5) is 14.6. The van der Waals surface area contributed by atoms with Crippen LogP contribution >= 0.6 is 35.0 Å². The third-order valence-electron chi connectivity index (χ3n) is 4.09. The summed E-state index contributed by atoms with van der Waals surface area (Å²) in [7, 11) is 0. The van der Waals surface area contributed by atoms with Crippen LogP contribution < -0.4 is 5.32 Å². The van der Waals surface area contributed by atoms with Crippen molar-refractivity contribution in [2.45, 2.75) is 19.2 Å². The molecule has 2 amide bonds. The molecule has 3 nitrogen and oxygen atoms in total. The number of carbonyl (C=O) groups excluding carboxylic acids is 1. The number of hydrogen-bond donors (Lipinski definition) is 1. The van der Waals surface area contributed by atoms with Gasteiger partial charge in [-0.1, -0.05) is 47.5 Å². The Kier molecular flexibility index (Phi) is 5.28. The van der Waals surface area contributed by atoms with Crippen LogP contribution in [0.1, 0.15) is 22.1 Å². The van der Waals surface area contributed by atoms with Crippen LogP contribution in [0.2, 0.25) is 10.0 Å². The van der Waals surface area contributed by atoms with E-state index < -0.39 is 0 Å². The molecule has 1 aliphatic heterocycles. The fourth-order valence-electron chi connectivity index (χ4n) is 2.83. The van der Waals surface area contributed by atoms with Crippen molar-refractivity contribution in [2.75, 3.05) is 17.6 Å². The van der Waals surface area contributed by atoms with Gasteiger partial charge in [-0.2, -0.15) is 0 Å². The van der Waals surface area contributed by atoms with E-state index in [1.807, 2.05) is 49.1 Å². The summed E-state index contributed by atoms with van der Waals surface area (Å²) in [5, 5.41) is 4.14. The van der Waals surface area contributed by atoms with Gasteiger partial charge in [0.15, 0.2) is 0 Å². The molecule has 0 aromatic heterocycles. The van der Waals surface area contributed by atoms with Crippen molar-refractivity contribution in [3.8, 4) is 0 Å². The number of nitrogens with zero attached hydrogens (tertiary/aromatic N) is 1. The van der Waals surface area contributed by atoms with Crippen molar-refractivity contribution < 1.29 is 4.79 Å². The van der Waals surface area contributed by atoms with E-state index in [2.05, 4.69) is 5.32 Å². The SMILES string of the molecule is Cc1cccc(C)c1NC(=O)N1CCS[C@H]1c1ccc(Cl)cc1Cl. The molecule has 0 bridgehead atoms. The number of hydrogen-bond acceptors (Lipinski definition) is 2. The third-order valence-corrected chi connectivity index (χ3v) is 5.90. The van der Waals surface area contributed by atoms with Crippen LogP contribution in [0.5, 0.6) is 0 Å². The molecule has 3 rings (SSSR count). The van der Waals surface area contributed by atoms with Crippen molar-refractivity contribution in [2.24, 2.45) is 0 Å². The maximum absolute atomic E-state index is 12.8. The lowest BCUT2D eigenvalue weighted by Gasteiger charge is -2.26. The second-order valence-electron chi connectivity index (χ2n) is 5.78. The molecule has 1 saturated heterocycles. The summed E-state index contributed by atoms with van der Waals surface area (Å²) in [6.07, 6.45) is 0. The lowest BCUT2D eigenvalue weighted by atomic mass is 10.1. The summed E-state index contributed by atoms with van der Waals surface area (Å²) < 4.78 is 0. The van der Waals surface area contributed by atoms with Gasteiger partial charge in [0.2, 0.25) is 0 Å². The van der Waals surface area contributed by atoms with E-state index in [1.165, 1.54) is 0 Å². The smallest absolute Gasteiger partial charge is 0.308 e. The van der Waals surface area contributed by atoms with Gasteiger partial charge < -0.3 is 10.2 Å². The molecule has 1 heterocycles. The van der Waals surface area contributed by atoms with Gasteiger partial charge in [0, 0.05) is 33.6 Å². The molecule has 0 aliphatic carbocycles. The molecular weight excluding hydrogens is 363 g/mol. The van der Waals surface area contributed by atoms with Crippen LogP contribution in [-0.2, 0) is 0 Å². The zero-order valence-corrected chi connectivity index (χ0v) is 15.8. The average molecular weight is 381 g/mol. The highest BCUT2D eigenvalue weighted by atomic mass is 35.5. The standard InChI is InChI=1S/C18H18Cl2N2OS/c1-11-4-3-5-12(2)16(11)21-18(23)22-8-9-24-17(22)14-7-6-13(19)10-15(14)20/h3-7,10,17H,8-9H2,1-2H3,(H,21,23)/t17-/m0/s1. The molecule has 0 saturated carbocycles. The van der Waals surface area contributed by atoms with Crippen LogP contribution in [-0.4, -0.2) is 23.2 Å². The largest absolute Gasteiger partial charge is 0.323 e. The quantitative estimate of drug-likeness (QED) is 0.704. The maximum Gasteiger partial charge on any atom is 0.323 e. The summed E-state index contributed by atoms with van der Waals surface area (Å²) in [6.45, 7) is 4.68. The van der Waals surface area contributed by atoms with Crippen molar-refractivity contribution in [1.29, 1.82) is 0 Å². The van der Waals surface area contributed by atoms with Gasteiger partial charge in [0.1, 0.15) is 5.37 Å². The molecule has 1 N–H and O–H groups in total. The van der Waals surface area contributed by atoms with Crippen molar-refractivity contribution in [1.82, 2.24) is 4.90 Å². The Morgan fingerprint density at radius 3 is 2.58 bits per heavy atom. The Morgan fingerprint density at radius 1 is 1.21 bits per heavy atom. The predicted molar refractivity (Wildman–Crippen MR) is 103 cm³/mol. The molecule has 0 unspecified atom stereocenters. The fourth-order valence-corrected chi connectivity index (χ4v) is 4.70. The molecule has 1 aliphatic rings. The first-order valence-corrected chi connectivity index (χ1v) is 9.48. The maximum atomic E-state index is 12.8. The molecule has 1 fully saturated rings. The van der Waals surface area contributed by atoms with Crippen LogP contribution in [0.4, 0.5) is 10.5 Å². The number of benzene rings is 2. The Hall–Kier alpha value is -1.36. The summed E-state index contributed by atoms with van der Waals surface area (Å²) >= 11 is 14.0. The van der Waals surface area contributed by atoms with E-state index in [4.69, 9.17) is 23.2 Å². The number of thioether (sulfide) groups is 1. The number of anilines is 1. The van der Waals surface area contributed by atoms with E-state index in [9.17, 15) is 4.79 Å². The fraction of sp³-hybridized carbons (Fsp3) is 0.278. The Labute approximate surface area is 156 Å². The van der Waals surface area contributed by atoms with E-state index in [0.717, 1.165) is 28.1 Å². The summed E-state index contributed by atoms with van der Waals surface area (Å²) in [5.41, 5.74) is 3.90. The van der Waals surface area contributed by atoms with Crippen molar-refractivity contribution >= 4 is 46.7 Å². The molecule has 24 heavy (non-hydrogen) atoms. The third kappa shape index (κ3) is 3.51. The highest BCUT2D eigenvalue weighted by Crippen LogP contribution is 2.41. The van der Waals surface area contributed by atoms with Gasteiger partial charge in [0.05, 0.1) is 0 Å². The van der Waals surface area contributed by atoms with Crippen LogP contribution in [0.15, 0.2) is 36.4 Å². The van der Waals surface area contributed by atoms with Crippen molar-refractivity contribution in [3.63, 3.8) is 0 Å². The van der Waals surface area contributed by atoms with Gasteiger partial charge in [-0.15, -0.1) is 11.8 Å². The number of carbonyl (C=O) groups is 1. The zero-order valence-electron chi connectivity index (χ0n) is 13.5. The van der Waals surface area contributed by atoms with Gasteiger partial charge in [-0.3, -0.25) is 0 Å². The zero-order chi connectivity index (χ0) is 17.3. The van der Waals surface area contributed by atoms with Crippen LogP contribution in [0, 0.1) is 13.8 Å². The lowest BCUT2D eigenvalue weighted by Crippen LogP contribution is -2.34. The molecule has 6 heteroatoms. The number of rotatable bonds is 2.